The molecule has 0 saturated heterocycles. The van der Waals surface area contributed by atoms with Gasteiger partial charge in [0.2, 0.25) is 5.91 Å². The first-order valence-corrected chi connectivity index (χ1v) is 7.98. The zero-order valence-corrected chi connectivity index (χ0v) is 12.6. The van der Waals surface area contributed by atoms with Crippen molar-refractivity contribution in [3.8, 4) is 0 Å². The highest BCUT2D eigenvalue weighted by molar-refractivity contribution is 5.96. The van der Waals surface area contributed by atoms with E-state index >= 15 is 0 Å². The summed E-state index contributed by atoms with van der Waals surface area (Å²) in [5.41, 5.74) is 8.17. The second-order valence-corrected chi connectivity index (χ2v) is 6.36. The second-order valence-electron chi connectivity index (χ2n) is 6.36. The summed E-state index contributed by atoms with van der Waals surface area (Å²) in [4.78, 5) is 25.5. The zero-order valence-electron chi connectivity index (χ0n) is 12.6. The molecule has 0 radical (unpaired) electrons. The number of benzene rings is 1. The Labute approximate surface area is 130 Å². The second kappa shape index (κ2) is 6.08. The first-order valence-electron chi connectivity index (χ1n) is 7.98. The monoisotopic (exact) mass is 302 g/mol. The minimum atomic E-state index is -0.928. The van der Waals surface area contributed by atoms with Crippen LogP contribution in [0.4, 0.5) is 5.69 Å². The van der Waals surface area contributed by atoms with Crippen molar-refractivity contribution in [3.63, 3.8) is 0 Å². The van der Waals surface area contributed by atoms with Gasteiger partial charge in [-0.15, -0.1) is 0 Å². The van der Waals surface area contributed by atoms with E-state index in [0.29, 0.717) is 13.0 Å². The van der Waals surface area contributed by atoms with Gasteiger partial charge in [0.15, 0.2) is 0 Å². The largest absolute Gasteiger partial charge is 0.478 e. The Balaban J connectivity index is 1.79. The van der Waals surface area contributed by atoms with E-state index in [1.165, 1.54) is 0 Å². The first kappa shape index (κ1) is 15.0. The molecule has 0 spiro atoms. The fourth-order valence-corrected chi connectivity index (χ4v) is 3.64. The van der Waals surface area contributed by atoms with E-state index in [1.54, 1.807) is 18.2 Å². The predicted molar refractivity (Wildman–Crippen MR) is 84.0 cm³/mol. The molecule has 1 aromatic carbocycles. The number of carbonyl (C=O) groups is 2. The fourth-order valence-electron chi connectivity index (χ4n) is 3.64. The highest BCUT2D eigenvalue weighted by Crippen LogP contribution is 2.32. The number of nitrogens with two attached hydrogens (primary N) is 1. The summed E-state index contributed by atoms with van der Waals surface area (Å²) in [7, 11) is 0. The lowest BCUT2D eigenvalue weighted by molar-refractivity contribution is -0.119. The molecule has 2 atom stereocenters. The molecule has 1 heterocycles. The van der Waals surface area contributed by atoms with Crippen molar-refractivity contribution < 1.29 is 14.7 Å². The van der Waals surface area contributed by atoms with E-state index in [1.807, 2.05) is 4.90 Å². The predicted octanol–water partition coefficient (Wildman–Crippen LogP) is 2.18. The van der Waals surface area contributed by atoms with Gasteiger partial charge >= 0.3 is 5.97 Å². The lowest BCUT2D eigenvalue weighted by Gasteiger charge is -2.31. The van der Waals surface area contributed by atoms with Crippen molar-refractivity contribution in [1.29, 1.82) is 0 Å². The Morgan fingerprint density at radius 1 is 1.27 bits per heavy atom. The van der Waals surface area contributed by atoms with Crippen molar-refractivity contribution in [2.45, 2.75) is 44.6 Å². The number of carbonyl (C=O) groups excluding carboxylic acids is 1. The minimum Gasteiger partial charge on any atom is -0.478 e. The van der Waals surface area contributed by atoms with Crippen LogP contribution in [0.5, 0.6) is 0 Å². The van der Waals surface area contributed by atoms with Crippen LogP contribution in [0.25, 0.3) is 0 Å². The molecular weight excluding hydrogens is 280 g/mol. The van der Waals surface area contributed by atoms with Crippen molar-refractivity contribution in [2.75, 3.05) is 11.4 Å². The van der Waals surface area contributed by atoms with Crippen LogP contribution in [0, 0.1) is 5.92 Å². The number of nitrogens with zero attached hydrogens (tertiary/aromatic N) is 1. The van der Waals surface area contributed by atoms with Gasteiger partial charge < -0.3 is 15.7 Å². The molecule has 1 amide bonds. The number of rotatable bonds is 3. The van der Waals surface area contributed by atoms with Crippen LogP contribution < -0.4 is 10.6 Å². The maximum atomic E-state index is 12.6. The smallest absolute Gasteiger partial charge is 0.335 e. The Kier molecular flexibility index (Phi) is 4.16. The van der Waals surface area contributed by atoms with E-state index in [-0.39, 0.29) is 23.4 Å². The molecule has 1 aliphatic heterocycles. The Hall–Kier alpha value is -1.88. The fraction of sp³-hybridized carbons (Fsp3) is 0.529. The molecule has 118 valence electrons. The average molecular weight is 302 g/mol. The molecule has 22 heavy (non-hydrogen) atoms. The van der Waals surface area contributed by atoms with E-state index in [2.05, 4.69) is 0 Å². The van der Waals surface area contributed by atoms with Gasteiger partial charge in [-0.2, -0.15) is 0 Å². The maximum absolute atomic E-state index is 12.6. The molecule has 0 bridgehead atoms. The van der Waals surface area contributed by atoms with Gasteiger partial charge in [-0.1, -0.05) is 6.42 Å². The van der Waals surface area contributed by atoms with Crippen LogP contribution in [0.15, 0.2) is 18.2 Å². The molecule has 3 N–H and O–H groups in total. The third-order valence-corrected chi connectivity index (χ3v) is 4.90. The van der Waals surface area contributed by atoms with Gasteiger partial charge in [0.25, 0.3) is 0 Å². The van der Waals surface area contributed by atoms with Gasteiger partial charge in [0.1, 0.15) is 0 Å². The van der Waals surface area contributed by atoms with E-state index in [9.17, 15) is 9.59 Å². The maximum Gasteiger partial charge on any atom is 0.335 e. The first-order chi connectivity index (χ1) is 10.6. The number of hydrogen-bond acceptors (Lipinski definition) is 3. The Morgan fingerprint density at radius 3 is 2.77 bits per heavy atom. The molecule has 0 unspecified atom stereocenters. The summed E-state index contributed by atoms with van der Waals surface area (Å²) in [6, 6.07) is 5.18. The Morgan fingerprint density at radius 2 is 2.09 bits per heavy atom. The summed E-state index contributed by atoms with van der Waals surface area (Å²) >= 11 is 0. The molecule has 0 aromatic heterocycles. The van der Waals surface area contributed by atoms with Crippen LogP contribution in [0.3, 0.4) is 0 Å². The van der Waals surface area contributed by atoms with Crippen molar-refractivity contribution in [2.24, 2.45) is 11.7 Å². The average Bonchev–Trinajstić information content (AvgIpc) is 2.91. The Bertz CT molecular complexity index is 600. The SMILES string of the molecule is N[C@@H]1CCC[C@H]1CC(=O)N1CCCc2cc(C(=O)O)ccc21. The number of carboxylic acids is 1. The summed E-state index contributed by atoms with van der Waals surface area (Å²) in [5, 5.41) is 9.09. The minimum absolute atomic E-state index is 0.117. The number of fused-ring (bicyclic) bond motifs is 1. The van der Waals surface area contributed by atoms with Crippen LogP contribution >= 0.6 is 0 Å². The summed E-state index contributed by atoms with van der Waals surface area (Å²) in [5.74, 6) is -0.522. The number of aromatic carboxylic acids is 1. The lowest BCUT2D eigenvalue weighted by atomic mass is 9.96. The standard InChI is InChI=1S/C17H22N2O3/c18-14-5-1-3-11(14)10-16(20)19-8-2-4-12-9-13(17(21)22)6-7-15(12)19/h6-7,9,11,14H,1-5,8,10,18H2,(H,21,22)/t11-,14+/m0/s1. The zero-order chi connectivity index (χ0) is 15.7. The third kappa shape index (κ3) is 2.86. The van der Waals surface area contributed by atoms with Gasteiger partial charge in [-0.3, -0.25) is 4.79 Å². The molecule has 1 aliphatic carbocycles. The molecule has 5 nitrogen and oxygen atoms in total. The van der Waals surface area contributed by atoms with Gasteiger partial charge in [0, 0.05) is 24.7 Å². The number of carboxylic acid groups (broad SMARTS) is 1. The van der Waals surface area contributed by atoms with Crippen molar-refractivity contribution in [1.82, 2.24) is 0 Å². The van der Waals surface area contributed by atoms with Crippen LogP contribution in [0.1, 0.15) is 48.0 Å². The molecule has 1 fully saturated rings. The molecule has 1 saturated carbocycles. The molecule has 5 heteroatoms. The van der Waals surface area contributed by atoms with Crippen LogP contribution in [-0.2, 0) is 11.2 Å². The van der Waals surface area contributed by atoms with E-state index in [4.69, 9.17) is 10.8 Å². The summed E-state index contributed by atoms with van der Waals surface area (Å²) in [6.07, 6.45) is 5.35. The summed E-state index contributed by atoms with van der Waals surface area (Å²) < 4.78 is 0. The molecule has 1 aromatic rings. The van der Waals surface area contributed by atoms with Crippen molar-refractivity contribution in [3.05, 3.63) is 29.3 Å². The quantitative estimate of drug-likeness (QED) is 0.896. The topological polar surface area (TPSA) is 83.6 Å². The number of aryl methyl sites for hydroxylation is 1. The van der Waals surface area contributed by atoms with E-state index in [0.717, 1.165) is 43.4 Å². The normalized spacial score (nSPS) is 24.1. The molecule has 3 rings (SSSR count). The highest BCUT2D eigenvalue weighted by Gasteiger charge is 2.30. The van der Waals surface area contributed by atoms with E-state index < -0.39 is 5.97 Å². The number of hydrogen-bond donors (Lipinski definition) is 2. The van der Waals surface area contributed by atoms with Gasteiger partial charge in [-0.25, -0.2) is 4.79 Å². The highest BCUT2D eigenvalue weighted by atomic mass is 16.4. The molecule has 2 aliphatic rings. The number of anilines is 1. The number of amides is 1. The third-order valence-electron chi connectivity index (χ3n) is 4.90. The van der Waals surface area contributed by atoms with Crippen LogP contribution in [0.2, 0.25) is 0 Å². The van der Waals surface area contributed by atoms with Crippen LogP contribution in [-0.4, -0.2) is 29.6 Å². The van der Waals surface area contributed by atoms with Gasteiger partial charge in [-0.05, 0) is 55.4 Å². The van der Waals surface area contributed by atoms with Gasteiger partial charge in [0.05, 0.1) is 5.56 Å². The molecular formula is C17H22N2O3. The van der Waals surface area contributed by atoms with Crippen molar-refractivity contribution >= 4 is 17.6 Å². The lowest BCUT2D eigenvalue weighted by Crippen LogP contribution is -2.38. The summed E-state index contributed by atoms with van der Waals surface area (Å²) in [6.45, 7) is 0.709.